The summed E-state index contributed by atoms with van der Waals surface area (Å²) in [5.74, 6) is 0.371. The molecule has 72 valence electrons. The number of Topliss-reactive ketones (excluding diaryl/α,β-unsaturated/α-hetero) is 1. The van der Waals surface area contributed by atoms with Gasteiger partial charge in [0.1, 0.15) is 18.3 Å². The van der Waals surface area contributed by atoms with Crippen LogP contribution in [0.25, 0.3) is 0 Å². The Bertz CT molecular complexity index is 295. The lowest BCUT2D eigenvalue weighted by Crippen LogP contribution is -2.22. The molecule has 0 saturated carbocycles. The molecule has 1 unspecified atom stereocenters. The van der Waals surface area contributed by atoms with Crippen LogP contribution in [0.15, 0.2) is 6.33 Å². The summed E-state index contributed by atoms with van der Waals surface area (Å²) in [7, 11) is 1.72. The number of carbonyl (C=O) groups is 1. The SMILES string of the molecule is CCC(O)C(=O)Cc1ncnn1C. The lowest BCUT2D eigenvalue weighted by molar-refractivity contribution is -0.126. The Morgan fingerprint density at radius 2 is 2.46 bits per heavy atom. The number of carbonyl (C=O) groups excluding carboxylic acids is 1. The lowest BCUT2D eigenvalue weighted by atomic mass is 10.1. The number of hydrogen-bond acceptors (Lipinski definition) is 4. The molecule has 1 atom stereocenters. The summed E-state index contributed by atoms with van der Waals surface area (Å²) in [6.07, 6.45) is 1.10. The van der Waals surface area contributed by atoms with Gasteiger partial charge in [-0.3, -0.25) is 9.48 Å². The lowest BCUT2D eigenvalue weighted by Gasteiger charge is -2.05. The molecule has 1 aromatic rings. The van der Waals surface area contributed by atoms with Gasteiger partial charge in [-0.25, -0.2) is 4.98 Å². The van der Waals surface area contributed by atoms with Crippen molar-refractivity contribution in [3.63, 3.8) is 0 Å². The van der Waals surface area contributed by atoms with E-state index in [-0.39, 0.29) is 12.2 Å². The summed E-state index contributed by atoms with van der Waals surface area (Å²) in [5.41, 5.74) is 0. The quantitative estimate of drug-likeness (QED) is 0.695. The molecule has 0 spiro atoms. The highest BCUT2D eigenvalue weighted by Crippen LogP contribution is 1.99. The number of aryl methyl sites for hydroxylation is 1. The average molecular weight is 183 g/mol. The third-order valence-electron chi connectivity index (χ3n) is 1.90. The Hall–Kier alpha value is -1.23. The Morgan fingerprint density at radius 1 is 1.77 bits per heavy atom. The van der Waals surface area contributed by atoms with E-state index in [1.807, 2.05) is 0 Å². The molecule has 0 amide bonds. The van der Waals surface area contributed by atoms with Gasteiger partial charge in [0.05, 0.1) is 6.42 Å². The van der Waals surface area contributed by atoms with E-state index in [1.165, 1.54) is 11.0 Å². The minimum atomic E-state index is -0.878. The molecule has 0 bridgehead atoms. The van der Waals surface area contributed by atoms with Crippen molar-refractivity contribution >= 4 is 5.78 Å². The third-order valence-corrected chi connectivity index (χ3v) is 1.90. The van der Waals surface area contributed by atoms with E-state index < -0.39 is 6.10 Å². The molecule has 0 aromatic carbocycles. The Morgan fingerprint density at radius 3 is 2.92 bits per heavy atom. The molecule has 0 fully saturated rings. The molecule has 13 heavy (non-hydrogen) atoms. The van der Waals surface area contributed by atoms with Gasteiger partial charge in [-0.1, -0.05) is 6.92 Å². The summed E-state index contributed by atoms with van der Waals surface area (Å²) >= 11 is 0. The van der Waals surface area contributed by atoms with Crippen molar-refractivity contribution in [3.05, 3.63) is 12.2 Å². The van der Waals surface area contributed by atoms with Crippen molar-refractivity contribution < 1.29 is 9.90 Å². The van der Waals surface area contributed by atoms with Crippen LogP contribution >= 0.6 is 0 Å². The monoisotopic (exact) mass is 183 g/mol. The highest BCUT2D eigenvalue weighted by Gasteiger charge is 2.15. The normalized spacial score (nSPS) is 12.8. The molecule has 0 aliphatic rings. The molecular formula is C8H13N3O2. The van der Waals surface area contributed by atoms with Crippen molar-refractivity contribution in [1.82, 2.24) is 14.8 Å². The highest BCUT2D eigenvalue weighted by molar-refractivity contribution is 5.84. The maximum absolute atomic E-state index is 11.3. The molecule has 1 N–H and O–H groups in total. The van der Waals surface area contributed by atoms with Crippen LogP contribution in [0.2, 0.25) is 0 Å². The molecule has 0 aliphatic heterocycles. The van der Waals surface area contributed by atoms with Crippen LogP contribution < -0.4 is 0 Å². The van der Waals surface area contributed by atoms with E-state index >= 15 is 0 Å². The van der Waals surface area contributed by atoms with Crippen molar-refractivity contribution in [2.75, 3.05) is 0 Å². The van der Waals surface area contributed by atoms with E-state index in [0.717, 1.165) is 0 Å². The van der Waals surface area contributed by atoms with Gasteiger partial charge in [0.25, 0.3) is 0 Å². The van der Waals surface area contributed by atoms with Crippen LogP contribution in [0.5, 0.6) is 0 Å². The minimum absolute atomic E-state index is 0.144. The second kappa shape index (κ2) is 4.13. The summed E-state index contributed by atoms with van der Waals surface area (Å²) in [4.78, 5) is 15.2. The fraction of sp³-hybridized carbons (Fsp3) is 0.625. The van der Waals surface area contributed by atoms with Crippen LogP contribution in [0, 0.1) is 0 Å². The second-order valence-electron chi connectivity index (χ2n) is 2.87. The zero-order chi connectivity index (χ0) is 9.84. The summed E-state index contributed by atoms with van der Waals surface area (Å²) in [5, 5.41) is 13.0. The number of aliphatic hydroxyl groups excluding tert-OH is 1. The van der Waals surface area contributed by atoms with Gasteiger partial charge in [-0.2, -0.15) is 5.10 Å². The maximum Gasteiger partial charge on any atom is 0.168 e. The molecule has 5 nitrogen and oxygen atoms in total. The number of aromatic nitrogens is 3. The molecule has 1 aromatic heterocycles. The van der Waals surface area contributed by atoms with Crippen molar-refractivity contribution in [2.24, 2.45) is 7.05 Å². The minimum Gasteiger partial charge on any atom is -0.385 e. The van der Waals surface area contributed by atoms with Gasteiger partial charge < -0.3 is 5.11 Å². The maximum atomic E-state index is 11.3. The number of ketones is 1. The molecular weight excluding hydrogens is 170 g/mol. The van der Waals surface area contributed by atoms with Crippen molar-refractivity contribution in [2.45, 2.75) is 25.9 Å². The van der Waals surface area contributed by atoms with E-state index in [2.05, 4.69) is 10.1 Å². The molecule has 1 heterocycles. The Balaban J connectivity index is 2.60. The zero-order valence-electron chi connectivity index (χ0n) is 7.77. The first kappa shape index (κ1) is 9.85. The molecule has 0 aliphatic carbocycles. The summed E-state index contributed by atoms with van der Waals surface area (Å²) < 4.78 is 1.53. The topological polar surface area (TPSA) is 68.0 Å². The third kappa shape index (κ3) is 2.35. The smallest absolute Gasteiger partial charge is 0.168 e. The largest absolute Gasteiger partial charge is 0.385 e. The van der Waals surface area contributed by atoms with E-state index in [1.54, 1.807) is 14.0 Å². The first-order valence-corrected chi connectivity index (χ1v) is 4.18. The molecule has 0 saturated heterocycles. The predicted molar refractivity (Wildman–Crippen MR) is 46.0 cm³/mol. The van der Waals surface area contributed by atoms with E-state index in [9.17, 15) is 9.90 Å². The standard InChI is InChI=1S/C8H13N3O2/c1-3-6(12)7(13)4-8-9-5-10-11(8)2/h5-6,12H,3-4H2,1-2H3. The predicted octanol–water partition coefficient (Wildman–Crippen LogP) is -0.302. The fourth-order valence-electron chi connectivity index (χ4n) is 0.981. The Kier molecular flexibility index (Phi) is 3.13. The zero-order valence-corrected chi connectivity index (χ0v) is 7.77. The van der Waals surface area contributed by atoms with Crippen LogP contribution in [0.4, 0.5) is 0 Å². The molecule has 0 radical (unpaired) electrons. The summed E-state index contributed by atoms with van der Waals surface area (Å²) in [6, 6.07) is 0. The van der Waals surface area contributed by atoms with Crippen molar-refractivity contribution in [3.8, 4) is 0 Å². The Labute approximate surface area is 76.4 Å². The van der Waals surface area contributed by atoms with E-state index in [4.69, 9.17) is 0 Å². The average Bonchev–Trinajstić information content (AvgIpc) is 2.50. The number of rotatable bonds is 4. The van der Waals surface area contributed by atoms with Crippen LogP contribution in [0.1, 0.15) is 19.2 Å². The van der Waals surface area contributed by atoms with Gasteiger partial charge in [-0.05, 0) is 6.42 Å². The van der Waals surface area contributed by atoms with Crippen molar-refractivity contribution in [1.29, 1.82) is 0 Å². The van der Waals surface area contributed by atoms with Crippen LogP contribution in [0.3, 0.4) is 0 Å². The van der Waals surface area contributed by atoms with E-state index in [0.29, 0.717) is 12.2 Å². The summed E-state index contributed by atoms with van der Waals surface area (Å²) in [6.45, 7) is 1.76. The van der Waals surface area contributed by atoms with Gasteiger partial charge >= 0.3 is 0 Å². The number of hydrogen-bond donors (Lipinski definition) is 1. The van der Waals surface area contributed by atoms with Gasteiger partial charge in [0.2, 0.25) is 0 Å². The number of nitrogens with zero attached hydrogens (tertiary/aromatic N) is 3. The van der Waals surface area contributed by atoms with Gasteiger partial charge in [0.15, 0.2) is 5.78 Å². The van der Waals surface area contributed by atoms with Gasteiger partial charge in [-0.15, -0.1) is 0 Å². The highest BCUT2D eigenvalue weighted by atomic mass is 16.3. The van der Waals surface area contributed by atoms with Gasteiger partial charge in [0, 0.05) is 7.05 Å². The van der Waals surface area contributed by atoms with Crippen LogP contribution in [-0.4, -0.2) is 31.8 Å². The molecule has 5 heteroatoms. The van der Waals surface area contributed by atoms with Crippen LogP contribution in [-0.2, 0) is 18.3 Å². The number of aliphatic hydroxyl groups is 1. The molecule has 1 rings (SSSR count). The second-order valence-corrected chi connectivity index (χ2v) is 2.87. The fourth-order valence-corrected chi connectivity index (χ4v) is 0.981. The first-order valence-electron chi connectivity index (χ1n) is 4.18. The first-order chi connectivity index (χ1) is 6.15.